The van der Waals surface area contributed by atoms with E-state index in [2.05, 4.69) is 39.8 Å². The molecular formula is C38H24O4S3. The van der Waals surface area contributed by atoms with Crippen LogP contribution < -0.4 is 0 Å². The second-order valence-corrected chi connectivity index (χ2v) is 16.3. The van der Waals surface area contributed by atoms with Crippen LogP contribution in [0.2, 0.25) is 0 Å². The largest absolute Gasteiger partial charge is 0.285 e. The van der Waals surface area contributed by atoms with Crippen LogP contribution in [0.1, 0.15) is 91.5 Å². The Labute approximate surface area is 271 Å². The van der Waals surface area contributed by atoms with Gasteiger partial charge >= 0.3 is 0 Å². The molecule has 0 spiro atoms. The van der Waals surface area contributed by atoms with E-state index in [0.717, 1.165) is 9.75 Å². The fourth-order valence-electron chi connectivity index (χ4n) is 7.58. The minimum absolute atomic E-state index is 0.230. The average Bonchev–Trinajstić information content (AvgIpc) is 3.86. The minimum Gasteiger partial charge on any atom is -0.285 e. The summed E-state index contributed by atoms with van der Waals surface area (Å²) >= 11 is 5.20. The minimum atomic E-state index is -0.440. The van der Waals surface area contributed by atoms with E-state index in [0.29, 0.717) is 33.4 Å². The van der Waals surface area contributed by atoms with Gasteiger partial charge in [-0.25, -0.2) is 0 Å². The average molecular weight is 641 g/mol. The van der Waals surface area contributed by atoms with Crippen molar-refractivity contribution in [3.8, 4) is 19.5 Å². The van der Waals surface area contributed by atoms with Crippen LogP contribution >= 0.6 is 34.0 Å². The van der Waals surface area contributed by atoms with Crippen LogP contribution in [0.3, 0.4) is 0 Å². The van der Waals surface area contributed by atoms with Gasteiger partial charge in [-0.15, -0.1) is 34.0 Å². The third-order valence-corrected chi connectivity index (χ3v) is 13.5. The van der Waals surface area contributed by atoms with Gasteiger partial charge in [-0.3, -0.25) is 19.2 Å². The van der Waals surface area contributed by atoms with Crippen LogP contribution in [-0.4, -0.2) is 23.1 Å². The van der Waals surface area contributed by atoms with Crippen molar-refractivity contribution in [1.29, 1.82) is 0 Å². The number of carbonyl (C=O) groups excluding carboxylic acids is 4. The molecule has 4 aliphatic carbocycles. The third-order valence-electron chi connectivity index (χ3n) is 9.82. The number of allylic oxidation sites excluding steroid dienone is 2. The monoisotopic (exact) mass is 640 g/mol. The van der Waals surface area contributed by atoms with Crippen molar-refractivity contribution >= 4 is 80.4 Å². The molecule has 0 radical (unpaired) electrons. The molecule has 0 amide bonds. The van der Waals surface area contributed by atoms with E-state index >= 15 is 0 Å². The molecule has 4 aliphatic rings. The van der Waals surface area contributed by atoms with Crippen LogP contribution in [-0.2, 0) is 20.4 Å². The number of carbonyl (C=O) groups is 4. The summed E-state index contributed by atoms with van der Waals surface area (Å²) in [5, 5.41) is 0. The highest BCUT2D eigenvalue weighted by Gasteiger charge is 2.50. The molecule has 0 bridgehead atoms. The lowest BCUT2D eigenvalue weighted by atomic mass is 9.74. The number of rotatable bonds is 2. The summed E-state index contributed by atoms with van der Waals surface area (Å²) in [7, 11) is 0. The summed E-state index contributed by atoms with van der Waals surface area (Å²) in [4.78, 5) is 58.0. The Morgan fingerprint density at radius 1 is 0.489 bits per heavy atom. The van der Waals surface area contributed by atoms with E-state index in [4.69, 9.17) is 0 Å². The first kappa shape index (κ1) is 27.0. The summed E-state index contributed by atoms with van der Waals surface area (Å²) in [6.07, 6.45) is 3.78. The fraction of sp³-hybridized carbons (Fsp3) is 0.158. The predicted molar refractivity (Wildman–Crippen MR) is 183 cm³/mol. The Balaban J connectivity index is 1.15. The molecule has 7 heteroatoms. The number of Topliss-reactive ketones (excluding diaryl/α,β-unsaturated/α-hetero) is 4. The first-order valence-electron chi connectivity index (χ1n) is 14.8. The van der Waals surface area contributed by atoms with Crippen molar-refractivity contribution in [3.63, 3.8) is 0 Å². The van der Waals surface area contributed by atoms with Gasteiger partial charge in [0.1, 0.15) is 0 Å². The van der Waals surface area contributed by atoms with E-state index in [9.17, 15) is 19.2 Å². The topological polar surface area (TPSA) is 68.3 Å². The van der Waals surface area contributed by atoms with Crippen molar-refractivity contribution in [2.75, 3.05) is 0 Å². The van der Waals surface area contributed by atoms with Crippen LogP contribution in [0.5, 0.6) is 0 Å². The second kappa shape index (κ2) is 8.69. The molecule has 218 valence electrons. The molecule has 0 saturated heterocycles. The smallest absolute Gasteiger partial charge is 0.234 e. The molecule has 4 nitrogen and oxygen atoms in total. The van der Waals surface area contributed by atoms with Gasteiger partial charge in [0.25, 0.3) is 0 Å². The lowest BCUT2D eigenvalue weighted by molar-refractivity contribution is -0.110. The van der Waals surface area contributed by atoms with Crippen molar-refractivity contribution in [2.24, 2.45) is 0 Å². The van der Waals surface area contributed by atoms with E-state index in [1.165, 1.54) is 41.8 Å². The Bertz CT molecular complexity index is 2180. The Kier molecular flexibility index (Phi) is 5.23. The lowest BCUT2D eigenvalue weighted by Gasteiger charge is -2.28. The molecule has 0 N–H and O–H groups in total. The van der Waals surface area contributed by atoms with Gasteiger partial charge in [-0.05, 0) is 57.7 Å². The lowest BCUT2D eigenvalue weighted by Crippen LogP contribution is -2.23. The maximum Gasteiger partial charge on any atom is 0.234 e. The van der Waals surface area contributed by atoms with Crippen molar-refractivity contribution < 1.29 is 19.2 Å². The SMILES string of the molecule is CC1(C)c2cc(/C=C3\C(=O)C(=O)c4ccccc43)sc2-c2sc3c(c21)C(C)(C)c1cc(/C=C2\C(=O)C(=O)c4ccccc42)sc1-3. The molecule has 0 atom stereocenters. The zero-order valence-corrected chi connectivity index (χ0v) is 27.2. The number of fused-ring (bicyclic) bond motifs is 9. The highest BCUT2D eigenvalue weighted by Crippen LogP contribution is 2.66. The fourth-order valence-corrected chi connectivity index (χ4v) is 12.0. The molecule has 45 heavy (non-hydrogen) atoms. The van der Waals surface area contributed by atoms with Gasteiger partial charge in [-0.1, -0.05) is 76.2 Å². The second-order valence-electron chi connectivity index (χ2n) is 13.1. The molecule has 2 aromatic carbocycles. The maximum atomic E-state index is 12.9. The Morgan fingerprint density at radius 2 is 0.867 bits per heavy atom. The predicted octanol–water partition coefficient (Wildman–Crippen LogP) is 9.10. The van der Waals surface area contributed by atoms with Crippen LogP contribution in [0, 0.1) is 0 Å². The summed E-state index contributed by atoms with van der Waals surface area (Å²) in [5.41, 5.74) is 8.12. The Hall–Kier alpha value is -4.30. The first-order valence-corrected chi connectivity index (χ1v) is 17.2. The van der Waals surface area contributed by atoms with Gasteiger partial charge in [0.05, 0.1) is 0 Å². The van der Waals surface area contributed by atoms with E-state index in [1.807, 2.05) is 47.8 Å². The molecule has 0 unspecified atom stereocenters. The molecule has 3 heterocycles. The summed E-state index contributed by atoms with van der Waals surface area (Å²) in [6, 6.07) is 18.9. The van der Waals surface area contributed by atoms with Crippen LogP contribution in [0.4, 0.5) is 0 Å². The van der Waals surface area contributed by atoms with Crippen LogP contribution in [0.25, 0.3) is 42.8 Å². The molecule has 3 aromatic heterocycles. The van der Waals surface area contributed by atoms with E-state index in [1.54, 1.807) is 46.9 Å². The molecular weight excluding hydrogens is 617 g/mol. The number of benzene rings is 2. The molecule has 9 rings (SSSR count). The summed E-state index contributed by atoms with van der Waals surface area (Å²) in [5.74, 6) is -1.75. The molecule has 0 aliphatic heterocycles. The third kappa shape index (κ3) is 3.35. The highest BCUT2D eigenvalue weighted by molar-refractivity contribution is 7.27. The normalized spacial score (nSPS) is 19.7. The molecule has 0 fully saturated rings. The summed E-state index contributed by atoms with van der Waals surface area (Å²) in [6.45, 7) is 9.14. The summed E-state index contributed by atoms with van der Waals surface area (Å²) < 4.78 is 0. The maximum absolute atomic E-state index is 12.9. The van der Waals surface area contributed by atoms with Crippen LogP contribution in [0.15, 0.2) is 60.7 Å². The van der Waals surface area contributed by atoms with E-state index in [-0.39, 0.29) is 10.8 Å². The zero-order valence-electron chi connectivity index (χ0n) is 24.8. The Morgan fingerprint density at radius 3 is 1.27 bits per heavy atom. The number of hydrogen-bond acceptors (Lipinski definition) is 7. The molecule has 0 saturated carbocycles. The highest BCUT2D eigenvalue weighted by atomic mass is 32.1. The standard InChI is InChI=1S/C38H24O4S3/c1-37(2)25-15-17(13-23-19-9-5-7-11-21(19)29(39)31(23)41)43-33(25)35-27(37)28-36(45-35)34-26(38(28,3)4)16-18(44-34)14-24-20-10-6-8-12-22(20)30(40)32(24)42/h5-16H,1-4H3/b23-13-,24-14-. The van der Waals surface area contributed by atoms with Crippen molar-refractivity contribution in [2.45, 2.75) is 38.5 Å². The van der Waals surface area contributed by atoms with Gasteiger partial charge in [0, 0.05) is 62.4 Å². The van der Waals surface area contributed by atoms with Gasteiger partial charge in [0.2, 0.25) is 23.1 Å². The number of thiophene rings is 3. The number of ketones is 4. The quantitative estimate of drug-likeness (QED) is 0.143. The van der Waals surface area contributed by atoms with Gasteiger partial charge < -0.3 is 0 Å². The van der Waals surface area contributed by atoms with Crippen molar-refractivity contribution in [1.82, 2.24) is 0 Å². The number of hydrogen-bond donors (Lipinski definition) is 0. The molecule has 5 aromatic rings. The first-order chi connectivity index (χ1) is 21.5. The van der Waals surface area contributed by atoms with Crippen molar-refractivity contribution in [3.05, 3.63) is 115 Å². The van der Waals surface area contributed by atoms with Gasteiger partial charge in [-0.2, -0.15) is 0 Å². The van der Waals surface area contributed by atoms with Gasteiger partial charge in [0.15, 0.2) is 0 Å². The van der Waals surface area contributed by atoms with E-state index < -0.39 is 23.1 Å². The zero-order chi connectivity index (χ0) is 31.2.